The Morgan fingerprint density at radius 1 is 1.33 bits per heavy atom. The summed E-state index contributed by atoms with van der Waals surface area (Å²) < 4.78 is 5.60. The smallest absolute Gasteiger partial charge is 0.142 e. The lowest BCUT2D eigenvalue weighted by Crippen LogP contribution is -2.50. The van der Waals surface area contributed by atoms with Crippen molar-refractivity contribution in [1.29, 1.82) is 0 Å². The molecule has 3 heteroatoms. The number of Topliss-reactive ketones (excluding diaryl/α,β-unsaturated/α-hetero) is 1. The van der Waals surface area contributed by atoms with E-state index in [0.717, 1.165) is 24.3 Å². The molecule has 1 rings (SSSR count). The van der Waals surface area contributed by atoms with E-state index in [2.05, 4.69) is 5.73 Å². The number of ether oxygens (including phenoxy) is 1. The minimum atomic E-state index is -0.287. The summed E-state index contributed by atoms with van der Waals surface area (Å²) in [5, 5.41) is 0. The maximum Gasteiger partial charge on any atom is 0.142 e. The van der Waals surface area contributed by atoms with Gasteiger partial charge in [-0.05, 0) is 17.7 Å². The molecule has 0 radical (unpaired) electrons. The summed E-state index contributed by atoms with van der Waals surface area (Å²) in [4.78, 5) is 12.0. The van der Waals surface area contributed by atoms with Crippen LogP contribution in [-0.2, 0) is 11.2 Å². The van der Waals surface area contributed by atoms with E-state index in [9.17, 15) is 4.79 Å². The molecule has 0 aliphatic heterocycles. The fourth-order valence-corrected chi connectivity index (χ4v) is 1.49. The lowest BCUT2D eigenvalue weighted by Gasteiger charge is -2.16. The number of benzene rings is 1. The van der Waals surface area contributed by atoms with Crippen LogP contribution in [0.5, 0.6) is 5.75 Å². The first-order valence-electron chi connectivity index (χ1n) is 6.48. The highest BCUT2D eigenvalue weighted by Crippen LogP contribution is 2.20. The molecule has 100 valence electrons. The van der Waals surface area contributed by atoms with Gasteiger partial charge in [0, 0.05) is 18.3 Å². The van der Waals surface area contributed by atoms with E-state index in [1.54, 1.807) is 0 Å². The molecule has 0 aliphatic rings. The van der Waals surface area contributed by atoms with Crippen LogP contribution in [0.3, 0.4) is 0 Å². The van der Waals surface area contributed by atoms with Crippen molar-refractivity contribution < 1.29 is 15.3 Å². The molecule has 0 amide bonds. The maximum atomic E-state index is 12.0. The first-order chi connectivity index (χ1) is 8.43. The molecule has 0 unspecified atom stereocenters. The van der Waals surface area contributed by atoms with Gasteiger partial charge >= 0.3 is 0 Å². The van der Waals surface area contributed by atoms with E-state index in [1.807, 2.05) is 45.0 Å². The minimum absolute atomic E-state index is 0.248. The predicted octanol–water partition coefficient (Wildman–Crippen LogP) is 1.86. The van der Waals surface area contributed by atoms with Gasteiger partial charge in [-0.2, -0.15) is 0 Å². The molecule has 18 heavy (non-hydrogen) atoms. The van der Waals surface area contributed by atoms with Crippen LogP contribution in [0.1, 0.15) is 32.8 Å². The molecular formula is C15H24NO2+. The third-order valence-electron chi connectivity index (χ3n) is 2.76. The van der Waals surface area contributed by atoms with Gasteiger partial charge in [-0.1, -0.05) is 32.9 Å². The van der Waals surface area contributed by atoms with E-state index >= 15 is 0 Å². The first-order valence-corrected chi connectivity index (χ1v) is 6.48. The summed E-state index contributed by atoms with van der Waals surface area (Å²) in [7, 11) is 0. The molecule has 0 saturated heterocycles. The minimum Gasteiger partial charge on any atom is -0.493 e. The number of quaternary nitrogens is 1. The molecular weight excluding hydrogens is 226 g/mol. The topological polar surface area (TPSA) is 53.9 Å². The van der Waals surface area contributed by atoms with Gasteiger partial charge in [0.15, 0.2) is 0 Å². The highest BCUT2D eigenvalue weighted by molar-refractivity contribution is 5.85. The Morgan fingerprint density at radius 3 is 2.67 bits per heavy atom. The Labute approximate surface area is 109 Å². The second kappa shape index (κ2) is 6.55. The lowest BCUT2D eigenvalue weighted by molar-refractivity contribution is -0.368. The van der Waals surface area contributed by atoms with Crippen molar-refractivity contribution >= 4 is 5.78 Å². The monoisotopic (exact) mass is 250 g/mol. The van der Waals surface area contributed by atoms with Gasteiger partial charge in [0.05, 0.1) is 13.2 Å². The highest BCUT2D eigenvalue weighted by Gasteiger charge is 2.21. The number of rotatable bonds is 6. The first kappa shape index (κ1) is 14.7. The average molecular weight is 250 g/mol. The fourth-order valence-electron chi connectivity index (χ4n) is 1.49. The fraction of sp³-hybridized carbons (Fsp3) is 0.533. The Hall–Kier alpha value is -1.35. The summed E-state index contributed by atoms with van der Waals surface area (Å²) in [5.74, 6) is 1.08. The Morgan fingerprint density at radius 2 is 2.06 bits per heavy atom. The average Bonchev–Trinajstić information content (AvgIpc) is 2.28. The quantitative estimate of drug-likeness (QED) is 0.783. The van der Waals surface area contributed by atoms with Gasteiger partial charge in [-0.15, -0.1) is 0 Å². The lowest BCUT2D eigenvalue weighted by atomic mass is 9.87. The van der Waals surface area contributed by atoms with Gasteiger partial charge in [-0.3, -0.25) is 4.79 Å². The van der Waals surface area contributed by atoms with Crippen molar-refractivity contribution in [1.82, 2.24) is 0 Å². The van der Waals surface area contributed by atoms with Gasteiger partial charge in [0.25, 0.3) is 0 Å². The van der Waals surface area contributed by atoms with Crippen LogP contribution in [0, 0.1) is 5.41 Å². The molecule has 0 heterocycles. The standard InChI is InChI=1S/C15H23NO2/c1-15(2,3)14(17)11-12-6-4-7-13(10-12)18-9-5-8-16/h4,6-7,10H,5,8-9,11,16H2,1-3H3/p+1. The molecule has 0 spiro atoms. The maximum absolute atomic E-state index is 12.0. The number of carbonyl (C=O) groups is 1. The summed E-state index contributed by atoms with van der Waals surface area (Å²) >= 11 is 0. The zero-order chi connectivity index (χ0) is 13.6. The number of hydrogen-bond donors (Lipinski definition) is 1. The summed E-state index contributed by atoms with van der Waals surface area (Å²) in [5.41, 5.74) is 4.50. The molecule has 0 aromatic heterocycles. The van der Waals surface area contributed by atoms with Crippen LogP contribution in [-0.4, -0.2) is 18.9 Å². The number of carbonyl (C=O) groups excluding carboxylic acids is 1. The summed E-state index contributed by atoms with van der Waals surface area (Å²) in [6.07, 6.45) is 1.42. The molecule has 0 atom stereocenters. The van der Waals surface area contributed by atoms with Crippen LogP contribution >= 0.6 is 0 Å². The van der Waals surface area contributed by atoms with Crippen molar-refractivity contribution in [3.8, 4) is 5.75 Å². The van der Waals surface area contributed by atoms with Crippen molar-refractivity contribution in [3.63, 3.8) is 0 Å². The Balaban J connectivity index is 2.62. The molecule has 3 N–H and O–H groups in total. The van der Waals surface area contributed by atoms with Gasteiger partial charge < -0.3 is 10.5 Å². The summed E-state index contributed by atoms with van der Waals surface area (Å²) in [6.45, 7) is 7.40. The molecule has 0 fully saturated rings. The second-order valence-corrected chi connectivity index (χ2v) is 5.55. The molecule has 0 bridgehead atoms. The van der Waals surface area contributed by atoms with Crippen LogP contribution in [0.2, 0.25) is 0 Å². The molecule has 1 aromatic rings. The largest absolute Gasteiger partial charge is 0.493 e. The molecule has 0 saturated carbocycles. The number of ketones is 1. The SMILES string of the molecule is CC(C)(C)C(=O)Cc1cccc(OCCC[NH3+])c1. The van der Waals surface area contributed by atoms with Crippen LogP contribution in [0.15, 0.2) is 24.3 Å². The van der Waals surface area contributed by atoms with E-state index in [1.165, 1.54) is 0 Å². The van der Waals surface area contributed by atoms with Crippen molar-refractivity contribution in [2.24, 2.45) is 5.41 Å². The van der Waals surface area contributed by atoms with E-state index < -0.39 is 0 Å². The van der Waals surface area contributed by atoms with E-state index in [0.29, 0.717) is 13.0 Å². The predicted molar refractivity (Wildman–Crippen MR) is 72.5 cm³/mol. The van der Waals surface area contributed by atoms with Crippen LogP contribution < -0.4 is 10.5 Å². The van der Waals surface area contributed by atoms with E-state index in [4.69, 9.17) is 4.74 Å². The van der Waals surface area contributed by atoms with Crippen LogP contribution in [0.4, 0.5) is 0 Å². The number of hydrogen-bond acceptors (Lipinski definition) is 2. The van der Waals surface area contributed by atoms with Gasteiger partial charge in [0.1, 0.15) is 11.5 Å². The third-order valence-corrected chi connectivity index (χ3v) is 2.76. The van der Waals surface area contributed by atoms with Crippen molar-refractivity contribution in [2.75, 3.05) is 13.2 Å². The third kappa shape index (κ3) is 4.88. The Bertz CT molecular complexity index is 394. The molecule has 3 nitrogen and oxygen atoms in total. The zero-order valence-electron chi connectivity index (χ0n) is 11.7. The second-order valence-electron chi connectivity index (χ2n) is 5.55. The molecule has 0 aliphatic carbocycles. The Kier molecular flexibility index (Phi) is 5.35. The van der Waals surface area contributed by atoms with Gasteiger partial charge in [-0.25, -0.2) is 0 Å². The van der Waals surface area contributed by atoms with Crippen LogP contribution in [0.25, 0.3) is 0 Å². The van der Waals surface area contributed by atoms with Gasteiger partial charge in [0.2, 0.25) is 0 Å². The van der Waals surface area contributed by atoms with Crippen molar-refractivity contribution in [3.05, 3.63) is 29.8 Å². The van der Waals surface area contributed by atoms with E-state index in [-0.39, 0.29) is 11.2 Å². The zero-order valence-corrected chi connectivity index (χ0v) is 11.7. The van der Waals surface area contributed by atoms with Crippen molar-refractivity contribution in [2.45, 2.75) is 33.6 Å². The highest BCUT2D eigenvalue weighted by atomic mass is 16.5. The summed E-state index contributed by atoms with van der Waals surface area (Å²) in [6, 6.07) is 7.78. The molecule has 1 aromatic carbocycles. The normalized spacial score (nSPS) is 11.3.